The summed E-state index contributed by atoms with van der Waals surface area (Å²) in [5.74, 6) is 1.50. The zero-order chi connectivity index (χ0) is 11.1. The van der Waals surface area contributed by atoms with E-state index in [1.54, 1.807) is 14.2 Å². The van der Waals surface area contributed by atoms with Crippen molar-refractivity contribution in [3.63, 3.8) is 0 Å². The molecule has 0 N–H and O–H groups in total. The lowest BCUT2D eigenvalue weighted by Gasteiger charge is -2.11. The topological polar surface area (TPSA) is 27.7 Å². The number of methoxy groups -OCH3 is 2. The molecule has 15 heavy (non-hydrogen) atoms. The molecule has 1 rings (SSSR count). The van der Waals surface area contributed by atoms with Crippen molar-refractivity contribution in [1.82, 2.24) is 0 Å². The van der Waals surface area contributed by atoms with Crippen molar-refractivity contribution >= 4 is 15.9 Å². The average molecular weight is 275 g/mol. The van der Waals surface area contributed by atoms with Gasteiger partial charge in [0.1, 0.15) is 6.61 Å². The fraction of sp³-hybridized carbons (Fsp3) is 0.455. The van der Waals surface area contributed by atoms with Crippen LogP contribution in [0.2, 0.25) is 0 Å². The molecule has 1 aromatic carbocycles. The van der Waals surface area contributed by atoms with E-state index in [1.807, 2.05) is 18.2 Å². The second kappa shape index (κ2) is 6.69. The number of alkyl halides is 1. The van der Waals surface area contributed by atoms with E-state index in [9.17, 15) is 0 Å². The van der Waals surface area contributed by atoms with E-state index in [0.29, 0.717) is 13.2 Å². The minimum atomic E-state index is 0.528. The van der Waals surface area contributed by atoms with Gasteiger partial charge in [-0.2, -0.15) is 0 Å². The summed E-state index contributed by atoms with van der Waals surface area (Å²) in [6, 6.07) is 5.86. The molecule has 0 unspecified atom stereocenters. The molecule has 0 amide bonds. The van der Waals surface area contributed by atoms with Gasteiger partial charge in [-0.15, -0.1) is 0 Å². The smallest absolute Gasteiger partial charge is 0.161 e. The summed E-state index contributed by atoms with van der Waals surface area (Å²) in [6.07, 6.45) is 0. The Kier molecular flexibility index (Phi) is 5.50. The Bertz CT molecular complexity index is 302. The van der Waals surface area contributed by atoms with Crippen molar-refractivity contribution in [2.75, 3.05) is 27.4 Å². The molecule has 0 radical (unpaired) electrons. The largest absolute Gasteiger partial charge is 0.493 e. The highest BCUT2D eigenvalue weighted by Gasteiger charge is 2.04. The molecule has 4 heteroatoms. The van der Waals surface area contributed by atoms with E-state index in [-0.39, 0.29) is 0 Å². The summed E-state index contributed by atoms with van der Waals surface area (Å²) in [7, 11) is 3.28. The molecule has 0 spiro atoms. The third-order valence-electron chi connectivity index (χ3n) is 1.93. The summed E-state index contributed by atoms with van der Waals surface area (Å²) < 4.78 is 15.6. The summed E-state index contributed by atoms with van der Waals surface area (Å²) in [5.41, 5.74) is 1.16. The van der Waals surface area contributed by atoms with Crippen LogP contribution in [0.25, 0.3) is 0 Å². The van der Waals surface area contributed by atoms with Gasteiger partial charge in [0.15, 0.2) is 11.5 Å². The molecule has 1 aromatic rings. The van der Waals surface area contributed by atoms with Crippen LogP contribution in [-0.2, 0) is 10.1 Å². The van der Waals surface area contributed by atoms with Gasteiger partial charge < -0.3 is 14.2 Å². The molecule has 3 nitrogen and oxygen atoms in total. The number of ether oxygens (including phenoxy) is 3. The first-order chi connectivity index (χ1) is 7.31. The third-order valence-corrected chi connectivity index (χ3v) is 2.57. The minimum Gasteiger partial charge on any atom is -0.493 e. The maximum absolute atomic E-state index is 5.50. The lowest BCUT2D eigenvalue weighted by molar-refractivity contribution is 0.144. The fourth-order valence-electron chi connectivity index (χ4n) is 1.15. The Balaban J connectivity index is 2.69. The highest BCUT2D eigenvalue weighted by Crippen LogP contribution is 2.28. The van der Waals surface area contributed by atoms with Gasteiger partial charge in [-0.25, -0.2) is 0 Å². The quantitative estimate of drug-likeness (QED) is 0.590. The van der Waals surface area contributed by atoms with Crippen molar-refractivity contribution in [3.05, 3.63) is 23.8 Å². The molecule has 0 aliphatic rings. The van der Waals surface area contributed by atoms with E-state index in [1.165, 1.54) is 0 Å². The first-order valence-corrected chi connectivity index (χ1v) is 5.78. The van der Waals surface area contributed by atoms with Crippen LogP contribution in [0.4, 0.5) is 0 Å². The van der Waals surface area contributed by atoms with E-state index < -0.39 is 0 Å². The zero-order valence-corrected chi connectivity index (χ0v) is 10.5. The van der Waals surface area contributed by atoms with Crippen molar-refractivity contribution in [2.24, 2.45) is 0 Å². The van der Waals surface area contributed by atoms with E-state index in [0.717, 1.165) is 22.4 Å². The van der Waals surface area contributed by atoms with E-state index in [2.05, 4.69) is 15.9 Å². The lowest BCUT2D eigenvalue weighted by atomic mass is 10.2. The van der Waals surface area contributed by atoms with Gasteiger partial charge in [-0.3, -0.25) is 0 Å². The van der Waals surface area contributed by atoms with Crippen LogP contribution in [-0.4, -0.2) is 27.4 Å². The van der Waals surface area contributed by atoms with Gasteiger partial charge in [-0.1, -0.05) is 22.0 Å². The van der Waals surface area contributed by atoms with Gasteiger partial charge in [0.2, 0.25) is 0 Å². The first kappa shape index (κ1) is 12.3. The molecule has 0 saturated carbocycles. The predicted molar refractivity (Wildman–Crippen MR) is 63.0 cm³/mol. The highest BCUT2D eigenvalue weighted by atomic mass is 79.9. The summed E-state index contributed by atoms with van der Waals surface area (Å²) in [5, 5.41) is 0.807. The standard InChI is InChI=1S/C11H15BrO3/c1-13-5-6-15-10-4-3-9(8-12)7-11(10)14-2/h3-4,7H,5-6,8H2,1-2H3. The number of hydrogen-bond donors (Lipinski definition) is 0. The average Bonchev–Trinajstić information content (AvgIpc) is 2.29. The number of halogens is 1. The van der Waals surface area contributed by atoms with E-state index in [4.69, 9.17) is 14.2 Å². The Labute approximate surface area is 98.5 Å². The van der Waals surface area contributed by atoms with Crippen LogP contribution in [0.5, 0.6) is 11.5 Å². The normalized spacial score (nSPS) is 10.1. The van der Waals surface area contributed by atoms with Gasteiger partial charge >= 0.3 is 0 Å². The van der Waals surface area contributed by atoms with E-state index >= 15 is 0 Å². The fourth-order valence-corrected chi connectivity index (χ4v) is 1.50. The molecule has 0 aliphatic carbocycles. The van der Waals surface area contributed by atoms with Crippen molar-refractivity contribution in [2.45, 2.75) is 5.33 Å². The van der Waals surface area contributed by atoms with Gasteiger partial charge in [0.25, 0.3) is 0 Å². The Hall–Kier alpha value is -0.740. The van der Waals surface area contributed by atoms with Crippen LogP contribution in [0.15, 0.2) is 18.2 Å². The molecule has 0 aliphatic heterocycles. The van der Waals surface area contributed by atoms with Crippen LogP contribution >= 0.6 is 15.9 Å². The zero-order valence-electron chi connectivity index (χ0n) is 8.96. The molecule has 0 atom stereocenters. The second-order valence-corrected chi connectivity index (χ2v) is 3.52. The minimum absolute atomic E-state index is 0.528. The summed E-state index contributed by atoms with van der Waals surface area (Å²) >= 11 is 3.39. The molecule has 0 aromatic heterocycles. The predicted octanol–water partition coefficient (Wildman–Crippen LogP) is 2.62. The Morgan fingerprint density at radius 1 is 1.13 bits per heavy atom. The van der Waals surface area contributed by atoms with Crippen LogP contribution < -0.4 is 9.47 Å². The van der Waals surface area contributed by atoms with Gasteiger partial charge in [0, 0.05) is 12.4 Å². The monoisotopic (exact) mass is 274 g/mol. The molecule has 0 saturated heterocycles. The Morgan fingerprint density at radius 2 is 1.93 bits per heavy atom. The van der Waals surface area contributed by atoms with Crippen molar-refractivity contribution in [1.29, 1.82) is 0 Å². The Morgan fingerprint density at radius 3 is 2.53 bits per heavy atom. The molecular weight excluding hydrogens is 260 g/mol. The highest BCUT2D eigenvalue weighted by molar-refractivity contribution is 9.08. The third kappa shape index (κ3) is 3.72. The van der Waals surface area contributed by atoms with Crippen LogP contribution in [0.3, 0.4) is 0 Å². The number of rotatable bonds is 6. The van der Waals surface area contributed by atoms with Crippen LogP contribution in [0, 0.1) is 0 Å². The van der Waals surface area contributed by atoms with Gasteiger partial charge in [-0.05, 0) is 17.7 Å². The second-order valence-electron chi connectivity index (χ2n) is 2.96. The van der Waals surface area contributed by atoms with Gasteiger partial charge in [0.05, 0.1) is 13.7 Å². The van der Waals surface area contributed by atoms with Crippen LogP contribution in [0.1, 0.15) is 5.56 Å². The maximum atomic E-state index is 5.50. The molecule has 84 valence electrons. The first-order valence-electron chi connectivity index (χ1n) is 4.66. The molecule has 0 fully saturated rings. The summed E-state index contributed by atoms with van der Waals surface area (Å²) in [4.78, 5) is 0. The van der Waals surface area contributed by atoms with Crippen molar-refractivity contribution in [3.8, 4) is 11.5 Å². The summed E-state index contributed by atoms with van der Waals surface area (Å²) in [6.45, 7) is 1.10. The van der Waals surface area contributed by atoms with Crippen molar-refractivity contribution < 1.29 is 14.2 Å². The lowest BCUT2D eigenvalue weighted by Crippen LogP contribution is -2.05. The number of benzene rings is 1. The SMILES string of the molecule is COCCOc1ccc(CBr)cc1OC. The molecular formula is C11H15BrO3. The molecule has 0 heterocycles. The maximum Gasteiger partial charge on any atom is 0.161 e. The molecule has 0 bridgehead atoms. The number of hydrogen-bond acceptors (Lipinski definition) is 3.